The number of pyridine rings is 1. The van der Waals surface area contributed by atoms with Crippen LogP contribution < -0.4 is 5.32 Å². The molecule has 3 rings (SSSR count). The van der Waals surface area contributed by atoms with E-state index >= 15 is 0 Å². The number of hydrogen-bond acceptors (Lipinski definition) is 3. The Bertz CT molecular complexity index is 880. The van der Waals surface area contributed by atoms with Gasteiger partial charge < -0.3 is 9.73 Å². The Hall–Kier alpha value is -2.62. The van der Waals surface area contributed by atoms with Gasteiger partial charge in [0.2, 0.25) is 0 Å². The first kappa shape index (κ1) is 15.3. The van der Waals surface area contributed by atoms with Crippen LogP contribution in [0, 0.1) is 20.8 Å². The number of aromatic nitrogens is 1. The Morgan fingerprint density at radius 1 is 1.13 bits per heavy atom. The van der Waals surface area contributed by atoms with Crippen molar-refractivity contribution in [1.29, 1.82) is 0 Å². The van der Waals surface area contributed by atoms with Crippen LogP contribution in [0.3, 0.4) is 0 Å². The van der Waals surface area contributed by atoms with E-state index < -0.39 is 0 Å². The summed E-state index contributed by atoms with van der Waals surface area (Å²) in [7, 11) is 0. The molecule has 0 aliphatic heterocycles. The summed E-state index contributed by atoms with van der Waals surface area (Å²) in [6.07, 6.45) is 0. The van der Waals surface area contributed by atoms with Gasteiger partial charge >= 0.3 is 0 Å². The van der Waals surface area contributed by atoms with Crippen LogP contribution in [-0.2, 0) is 0 Å². The predicted octanol–water partition coefficient (Wildman–Crippen LogP) is 4.24. The molecule has 0 saturated carbocycles. The molecule has 4 nitrogen and oxygen atoms in total. The third-order valence-corrected chi connectivity index (χ3v) is 3.94. The van der Waals surface area contributed by atoms with Crippen molar-refractivity contribution < 1.29 is 9.21 Å². The summed E-state index contributed by atoms with van der Waals surface area (Å²) in [6, 6.07) is 11.5. The van der Waals surface area contributed by atoms with Gasteiger partial charge in [-0.1, -0.05) is 11.6 Å². The highest BCUT2D eigenvalue weighted by Crippen LogP contribution is 2.20. The highest BCUT2D eigenvalue weighted by atomic mass is 16.3. The van der Waals surface area contributed by atoms with Gasteiger partial charge in [0, 0.05) is 5.39 Å². The van der Waals surface area contributed by atoms with Crippen molar-refractivity contribution in [2.24, 2.45) is 0 Å². The van der Waals surface area contributed by atoms with E-state index in [1.165, 1.54) is 0 Å². The predicted molar refractivity (Wildman–Crippen MR) is 90.5 cm³/mol. The fraction of sp³-hybridized carbons (Fsp3) is 0.263. The molecule has 2 aromatic heterocycles. The zero-order valence-corrected chi connectivity index (χ0v) is 13.8. The summed E-state index contributed by atoms with van der Waals surface area (Å²) in [4.78, 5) is 17.1. The molecule has 2 heterocycles. The van der Waals surface area contributed by atoms with E-state index in [9.17, 15) is 4.79 Å². The first-order valence-corrected chi connectivity index (χ1v) is 7.69. The number of nitrogens with one attached hydrogen (secondary N) is 1. The van der Waals surface area contributed by atoms with E-state index in [1.54, 1.807) is 0 Å². The fourth-order valence-electron chi connectivity index (χ4n) is 2.65. The molecular formula is C19H20N2O2. The second kappa shape index (κ2) is 5.88. The number of benzene rings is 1. The number of carbonyl (C=O) groups is 1. The van der Waals surface area contributed by atoms with Crippen LogP contribution in [0.4, 0.5) is 0 Å². The van der Waals surface area contributed by atoms with Gasteiger partial charge in [0.1, 0.15) is 11.5 Å². The summed E-state index contributed by atoms with van der Waals surface area (Å²) in [5, 5.41) is 3.95. The highest BCUT2D eigenvalue weighted by Gasteiger charge is 2.17. The Morgan fingerprint density at radius 3 is 2.61 bits per heavy atom. The lowest BCUT2D eigenvalue weighted by Crippen LogP contribution is -2.27. The fourth-order valence-corrected chi connectivity index (χ4v) is 2.65. The van der Waals surface area contributed by atoms with Crippen LogP contribution in [0.2, 0.25) is 0 Å². The summed E-state index contributed by atoms with van der Waals surface area (Å²) >= 11 is 0. The summed E-state index contributed by atoms with van der Waals surface area (Å²) in [5.41, 5.74) is 3.37. The molecule has 1 amide bonds. The van der Waals surface area contributed by atoms with Crippen LogP contribution in [0.5, 0.6) is 0 Å². The van der Waals surface area contributed by atoms with Crippen LogP contribution in [-0.4, -0.2) is 10.9 Å². The number of furan rings is 1. The lowest BCUT2D eigenvalue weighted by molar-refractivity contribution is 0.0934. The third-order valence-electron chi connectivity index (χ3n) is 3.94. The maximum atomic E-state index is 12.6. The molecule has 0 spiro atoms. The summed E-state index contributed by atoms with van der Waals surface area (Å²) in [6.45, 7) is 7.68. The molecule has 0 bridgehead atoms. The van der Waals surface area contributed by atoms with Gasteiger partial charge in [-0.25, -0.2) is 0 Å². The van der Waals surface area contributed by atoms with E-state index in [2.05, 4.69) is 10.3 Å². The Balaban J connectivity index is 1.89. The van der Waals surface area contributed by atoms with Crippen LogP contribution >= 0.6 is 0 Å². The molecule has 3 aromatic rings. The minimum Gasteiger partial charge on any atom is -0.464 e. The van der Waals surface area contributed by atoms with Crippen LogP contribution in [0.25, 0.3) is 10.9 Å². The average Bonchev–Trinajstić information content (AvgIpc) is 2.93. The SMILES string of the molecule is Cc1ccc2nc(C)c(C(=O)NC(C)c3ccc(C)o3)cc2c1. The molecule has 4 heteroatoms. The molecule has 0 aliphatic carbocycles. The molecule has 1 N–H and O–H groups in total. The quantitative estimate of drug-likeness (QED) is 0.787. The minimum absolute atomic E-state index is 0.139. The number of fused-ring (bicyclic) bond motifs is 1. The number of carbonyl (C=O) groups excluding carboxylic acids is 1. The first-order chi connectivity index (χ1) is 10.9. The van der Waals surface area contributed by atoms with Crippen LogP contribution in [0.1, 0.15) is 46.1 Å². The Kier molecular flexibility index (Phi) is 3.90. The first-order valence-electron chi connectivity index (χ1n) is 7.69. The van der Waals surface area contributed by atoms with Gasteiger partial charge in [0.05, 0.1) is 22.8 Å². The number of aryl methyl sites for hydroxylation is 3. The average molecular weight is 308 g/mol. The lowest BCUT2D eigenvalue weighted by Gasteiger charge is -2.13. The van der Waals surface area contributed by atoms with Crippen molar-refractivity contribution in [3.8, 4) is 0 Å². The van der Waals surface area contributed by atoms with Crippen LogP contribution in [0.15, 0.2) is 40.8 Å². The molecule has 23 heavy (non-hydrogen) atoms. The summed E-state index contributed by atoms with van der Waals surface area (Å²) in [5.74, 6) is 1.44. The van der Waals surface area contributed by atoms with Gasteiger partial charge in [0.15, 0.2) is 0 Å². The van der Waals surface area contributed by atoms with Gasteiger partial charge in [-0.05, 0) is 58.0 Å². The second-order valence-corrected chi connectivity index (χ2v) is 5.96. The number of hydrogen-bond donors (Lipinski definition) is 1. The topological polar surface area (TPSA) is 55.1 Å². The number of nitrogens with zero attached hydrogens (tertiary/aromatic N) is 1. The lowest BCUT2D eigenvalue weighted by atomic mass is 10.1. The Morgan fingerprint density at radius 2 is 1.91 bits per heavy atom. The largest absolute Gasteiger partial charge is 0.464 e. The molecule has 1 atom stereocenters. The van der Waals surface area contributed by atoms with Crippen molar-refractivity contribution >= 4 is 16.8 Å². The van der Waals surface area contributed by atoms with Crippen molar-refractivity contribution in [2.45, 2.75) is 33.7 Å². The number of amides is 1. The van der Waals surface area contributed by atoms with Crippen molar-refractivity contribution in [1.82, 2.24) is 10.3 Å². The van der Waals surface area contributed by atoms with E-state index in [0.29, 0.717) is 5.56 Å². The minimum atomic E-state index is -0.191. The molecule has 0 radical (unpaired) electrons. The van der Waals surface area contributed by atoms with Crippen molar-refractivity contribution in [2.75, 3.05) is 0 Å². The van der Waals surface area contributed by atoms with Crippen molar-refractivity contribution in [3.05, 3.63) is 64.7 Å². The molecular weight excluding hydrogens is 288 g/mol. The number of rotatable bonds is 3. The Labute approximate surface area is 135 Å². The van der Waals surface area contributed by atoms with E-state index in [-0.39, 0.29) is 11.9 Å². The molecule has 0 fully saturated rings. The zero-order valence-electron chi connectivity index (χ0n) is 13.8. The van der Waals surface area contributed by atoms with Gasteiger partial charge in [-0.2, -0.15) is 0 Å². The molecule has 118 valence electrons. The highest BCUT2D eigenvalue weighted by molar-refractivity contribution is 5.98. The maximum absolute atomic E-state index is 12.6. The van der Waals surface area contributed by atoms with E-state index in [1.807, 2.05) is 64.1 Å². The zero-order chi connectivity index (χ0) is 16.6. The van der Waals surface area contributed by atoms with E-state index in [0.717, 1.165) is 33.7 Å². The van der Waals surface area contributed by atoms with Gasteiger partial charge in [-0.15, -0.1) is 0 Å². The normalized spacial score (nSPS) is 12.3. The summed E-state index contributed by atoms with van der Waals surface area (Å²) < 4.78 is 5.57. The third kappa shape index (κ3) is 3.11. The maximum Gasteiger partial charge on any atom is 0.253 e. The molecule has 1 aromatic carbocycles. The smallest absolute Gasteiger partial charge is 0.253 e. The monoisotopic (exact) mass is 308 g/mol. The molecule has 0 aliphatic rings. The molecule has 0 saturated heterocycles. The van der Waals surface area contributed by atoms with Gasteiger partial charge in [-0.3, -0.25) is 9.78 Å². The second-order valence-electron chi connectivity index (χ2n) is 5.96. The van der Waals surface area contributed by atoms with E-state index in [4.69, 9.17) is 4.42 Å². The van der Waals surface area contributed by atoms with Crippen molar-refractivity contribution in [3.63, 3.8) is 0 Å². The van der Waals surface area contributed by atoms with Gasteiger partial charge in [0.25, 0.3) is 5.91 Å². The standard InChI is InChI=1S/C19H20N2O2/c1-11-5-7-17-15(9-11)10-16(13(3)20-17)19(22)21-14(4)18-8-6-12(2)23-18/h5-10,14H,1-4H3,(H,21,22). The molecule has 1 unspecified atom stereocenters.